The maximum absolute atomic E-state index is 2.69. The van der Waals surface area contributed by atoms with Gasteiger partial charge in [-0.05, 0) is 85.4 Å². The molecule has 0 aromatic carbocycles. The van der Waals surface area contributed by atoms with Crippen LogP contribution >= 0.6 is 0 Å². The van der Waals surface area contributed by atoms with Gasteiger partial charge in [0.15, 0.2) is 0 Å². The van der Waals surface area contributed by atoms with Crippen LogP contribution in [0.2, 0.25) is 0 Å². The Morgan fingerprint density at radius 3 is 2.00 bits per heavy atom. The van der Waals surface area contributed by atoms with Crippen LogP contribution in [0.15, 0.2) is 0 Å². The first-order chi connectivity index (χ1) is 7.25. The van der Waals surface area contributed by atoms with E-state index in [9.17, 15) is 0 Å². The van der Waals surface area contributed by atoms with Crippen molar-refractivity contribution in [1.29, 1.82) is 0 Å². The number of rotatable bonds is 0. The van der Waals surface area contributed by atoms with Gasteiger partial charge in [0.2, 0.25) is 0 Å². The van der Waals surface area contributed by atoms with Crippen LogP contribution in [0.1, 0.15) is 45.4 Å². The van der Waals surface area contributed by atoms with Crippen LogP contribution in [0.3, 0.4) is 0 Å². The lowest BCUT2D eigenvalue weighted by Gasteiger charge is -2.74. The molecular weight excluding hydrogens is 180 g/mol. The minimum Gasteiger partial charge on any atom is -0.0591 e. The largest absolute Gasteiger partial charge is 0.0591 e. The van der Waals surface area contributed by atoms with E-state index in [2.05, 4.69) is 6.92 Å². The second kappa shape index (κ2) is 2.17. The predicted molar refractivity (Wildman–Crippen MR) is 60.2 cm³/mol. The summed E-state index contributed by atoms with van der Waals surface area (Å²) in [6, 6.07) is 0. The first-order valence-electron chi connectivity index (χ1n) is 7.25. The zero-order chi connectivity index (χ0) is 9.78. The van der Waals surface area contributed by atoms with Crippen molar-refractivity contribution in [2.24, 2.45) is 46.8 Å². The van der Waals surface area contributed by atoms with E-state index in [1.165, 1.54) is 35.5 Å². The number of hydrogen-bond donors (Lipinski definition) is 0. The van der Waals surface area contributed by atoms with Gasteiger partial charge in [-0.25, -0.2) is 0 Å². The highest BCUT2D eigenvalue weighted by Gasteiger charge is 2.67. The molecule has 0 aromatic rings. The van der Waals surface area contributed by atoms with E-state index in [0.717, 1.165) is 11.3 Å². The van der Waals surface area contributed by atoms with Crippen molar-refractivity contribution in [1.82, 2.24) is 0 Å². The molecule has 7 saturated carbocycles. The molecule has 5 unspecified atom stereocenters. The van der Waals surface area contributed by atoms with Gasteiger partial charge in [-0.1, -0.05) is 6.92 Å². The van der Waals surface area contributed by atoms with Gasteiger partial charge in [0.1, 0.15) is 0 Å². The van der Waals surface area contributed by atoms with E-state index in [1.807, 2.05) is 0 Å². The van der Waals surface area contributed by atoms with Crippen LogP contribution < -0.4 is 0 Å². The second-order valence-electron chi connectivity index (χ2n) is 7.83. The van der Waals surface area contributed by atoms with Crippen LogP contribution in [0.25, 0.3) is 0 Å². The summed E-state index contributed by atoms with van der Waals surface area (Å²) in [4.78, 5) is 0. The second-order valence-corrected chi connectivity index (χ2v) is 7.83. The fourth-order valence-corrected chi connectivity index (χ4v) is 7.43. The molecule has 8 atom stereocenters. The van der Waals surface area contributed by atoms with E-state index < -0.39 is 0 Å². The molecule has 0 aliphatic heterocycles. The summed E-state index contributed by atoms with van der Waals surface area (Å²) in [5, 5.41) is 0. The Balaban J connectivity index is 1.73. The standard InChI is InChI=1S/C15H22/c1-15-7-9-3-11-10-2-8(5-13(11)15)6-14(15)12(10)4-9/h8-14H,2-7H2,1H3/t8?,9?,10?,11-,12?,13+,14+,15?/m0/s1. The van der Waals surface area contributed by atoms with E-state index in [4.69, 9.17) is 0 Å². The average Bonchev–Trinajstić information content (AvgIpc) is 2.24. The van der Waals surface area contributed by atoms with Gasteiger partial charge in [0.25, 0.3) is 0 Å². The molecule has 0 radical (unpaired) electrons. The van der Waals surface area contributed by atoms with Gasteiger partial charge >= 0.3 is 0 Å². The molecular formula is C15H22. The van der Waals surface area contributed by atoms with Crippen molar-refractivity contribution in [3.8, 4) is 0 Å². The first-order valence-corrected chi connectivity index (χ1v) is 7.25. The highest BCUT2D eigenvalue weighted by atomic mass is 14.7. The molecule has 82 valence electrons. The summed E-state index contributed by atoms with van der Waals surface area (Å²) in [6.45, 7) is 2.69. The summed E-state index contributed by atoms with van der Waals surface area (Å²) < 4.78 is 0. The molecule has 0 aromatic heterocycles. The van der Waals surface area contributed by atoms with Crippen LogP contribution in [0.5, 0.6) is 0 Å². The van der Waals surface area contributed by atoms with Crippen molar-refractivity contribution in [2.45, 2.75) is 45.4 Å². The molecule has 0 saturated heterocycles. The molecule has 0 N–H and O–H groups in total. The highest BCUT2D eigenvalue weighted by Crippen LogP contribution is 2.75. The monoisotopic (exact) mass is 202 g/mol. The maximum atomic E-state index is 2.69. The fraction of sp³-hybridized carbons (Fsp3) is 1.00. The molecule has 8 bridgehead atoms. The predicted octanol–water partition coefficient (Wildman–Crippen LogP) is 3.71. The SMILES string of the molecule is CC12CC3CC4C5CC(C[C@H]41)C[C@@H]2[C@H]5C3. The minimum absolute atomic E-state index is 0.823. The van der Waals surface area contributed by atoms with Crippen molar-refractivity contribution in [2.75, 3.05) is 0 Å². The van der Waals surface area contributed by atoms with Crippen molar-refractivity contribution in [3.63, 3.8) is 0 Å². The van der Waals surface area contributed by atoms with Gasteiger partial charge < -0.3 is 0 Å². The summed E-state index contributed by atoms with van der Waals surface area (Å²) in [5.74, 6) is 8.27. The molecule has 0 nitrogen and oxygen atoms in total. The Labute approximate surface area is 92.8 Å². The molecule has 15 heavy (non-hydrogen) atoms. The van der Waals surface area contributed by atoms with Gasteiger partial charge in [0.05, 0.1) is 0 Å². The molecule has 7 aliphatic carbocycles. The topological polar surface area (TPSA) is 0 Å². The van der Waals surface area contributed by atoms with Crippen molar-refractivity contribution < 1.29 is 0 Å². The zero-order valence-corrected chi connectivity index (χ0v) is 9.78. The van der Waals surface area contributed by atoms with Gasteiger partial charge in [0, 0.05) is 0 Å². The van der Waals surface area contributed by atoms with Gasteiger partial charge in [-0.3, -0.25) is 0 Å². The number of hydrogen-bond acceptors (Lipinski definition) is 0. The lowest BCUT2D eigenvalue weighted by Crippen LogP contribution is -2.66. The molecule has 0 amide bonds. The van der Waals surface area contributed by atoms with Gasteiger partial charge in [-0.2, -0.15) is 0 Å². The molecule has 7 rings (SSSR count). The van der Waals surface area contributed by atoms with E-state index >= 15 is 0 Å². The van der Waals surface area contributed by atoms with Crippen LogP contribution in [0, 0.1) is 46.8 Å². The first kappa shape index (κ1) is 8.14. The summed E-state index contributed by atoms with van der Waals surface area (Å²) in [5.41, 5.74) is 0.823. The van der Waals surface area contributed by atoms with E-state index in [-0.39, 0.29) is 0 Å². The Hall–Kier alpha value is 0. The fourth-order valence-electron chi connectivity index (χ4n) is 7.43. The third kappa shape index (κ3) is 0.718. The smallest absolute Gasteiger partial charge is 0.0261 e. The molecule has 0 spiro atoms. The Kier molecular flexibility index (Phi) is 1.18. The third-order valence-electron chi connectivity index (χ3n) is 7.55. The lowest BCUT2D eigenvalue weighted by atomic mass is 9.31. The average molecular weight is 202 g/mol. The molecule has 7 fully saturated rings. The van der Waals surface area contributed by atoms with Crippen LogP contribution in [-0.4, -0.2) is 0 Å². The quantitative estimate of drug-likeness (QED) is 0.561. The Morgan fingerprint density at radius 2 is 1.33 bits per heavy atom. The lowest BCUT2D eigenvalue weighted by molar-refractivity contribution is -0.248. The Morgan fingerprint density at radius 1 is 0.733 bits per heavy atom. The summed E-state index contributed by atoms with van der Waals surface area (Å²) in [6.07, 6.45) is 9.81. The normalized spacial score (nSPS) is 73.0. The molecule has 0 heterocycles. The highest BCUT2D eigenvalue weighted by molar-refractivity contribution is 5.16. The summed E-state index contributed by atoms with van der Waals surface area (Å²) >= 11 is 0. The minimum atomic E-state index is 0.823. The van der Waals surface area contributed by atoms with Crippen molar-refractivity contribution >= 4 is 0 Å². The molecule has 7 aliphatic rings. The Bertz CT molecular complexity index is 307. The van der Waals surface area contributed by atoms with E-state index in [0.29, 0.717) is 0 Å². The van der Waals surface area contributed by atoms with E-state index in [1.54, 1.807) is 38.5 Å². The maximum Gasteiger partial charge on any atom is -0.0261 e. The van der Waals surface area contributed by atoms with Crippen LogP contribution in [-0.2, 0) is 0 Å². The van der Waals surface area contributed by atoms with Gasteiger partial charge in [-0.15, -0.1) is 0 Å². The third-order valence-corrected chi connectivity index (χ3v) is 7.55. The molecule has 0 heteroatoms. The summed E-state index contributed by atoms with van der Waals surface area (Å²) in [7, 11) is 0. The van der Waals surface area contributed by atoms with Crippen LogP contribution in [0.4, 0.5) is 0 Å². The van der Waals surface area contributed by atoms with Crippen molar-refractivity contribution in [3.05, 3.63) is 0 Å². The zero-order valence-electron chi connectivity index (χ0n) is 9.78.